The quantitative estimate of drug-likeness (QED) is 0.748. The van der Waals surface area contributed by atoms with Gasteiger partial charge in [-0.2, -0.15) is 0 Å². The summed E-state index contributed by atoms with van der Waals surface area (Å²) < 4.78 is 6.65. The molecule has 15 heavy (non-hydrogen) atoms. The maximum Gasteiger partial charge on any atom is 0.325 e. The van der Waals surface area contributed by atoms with Gasteiger partial charge in [-0.05, 0) is 25.0 Å². The number of ether oxygens (including phenoxy) is 1. The molecule has 0 fully saturated rings. The van der Waals surface area contributed by atoms with Crippen molar-refractivity contribution in [2.24, 2.45) is 5.73 Å². The molecule has 0 saturated carbocycles. The highest BCUT2D eigenvalue weighted by molar-refractivity contribution is 5.69. The van der Waals surface area contributed by atoms with Crippen molar-refractivity contribution >= 4 is 5.97 Å². The number of hydrogen-bond donors (Lipinski definition) is 1. The first-order chi connectivity index (χ1) is 7.17. The molecule has 0 aromatic carbocycles. The minimum Gasteiger partial charge on any atom is -0.465 e. The van der Waals surface area contributed by atoms with Crippen LogP contribution in [0.3, 0.4) is 0 Å². The van der Waals surface area contributed by atoms with Crippen molar-refractivity contribution in [3.05, 3.63) is 24.0 Å². The van der Waals surface area contributed by atoms with Crippen LogP contribution in [-0.4, -0.2) is 17.1 Å². The first kappa shape index (κ1) is 11.8. The zero-order chi connectivity index (χ0) is 11.3. The summed E-state index contributed by atoms with van der Waals surface area (Å²) in [4.78, 5) is 11.2. The van der Waals surface area contributed by atoms with Gasteiger partial charge in [-0.15, -0.1) is 0 Å². The Labute approximate surface area is 90.0 Å². The van der Waals surface area contributed by atoms with Crippen LogP contribution in [0.5, 0.6) is 0 Å². The standard InChI is InChI=1S/C11H18N2O2/c1-3-10(12)9-5-6-13(7-9)8-11(14)15-4-2/h5-7,10H,3-4,8,12H2,1-2H3. The monoisotopic (exact) mass is 210 g/mol. The highest BCUT2D eigenvalue weighted by Gasteiger charge is 2.07. The molecule has 1 aromatic rings. The second-order valence-corrected chi connectivity index (χ2v) is 3.44. The van der Waals surface area contributed by atoms with E-state index in [4.69, 9.17) is 10.5 Å². The topological polar surface area (TPSA) is 57.2 Å². The number of carbonyl (C=O) groups excluding carboxylic acids is 1. The van der Waals surface area contributed by atoms with Gasteiger partial charge < -0.3 is 15.0 Å². The van der Waals surface area contributed by atoms with Crippen molar-refractivity contribution in [1.82, 2.24) is 4.57 Å². The first-order valence-electron chi connectivity index (χ1n) is 5.24. The largest absolute Gasteiger partial charge is 0.465 e. The van der Waals surface area contributed by atoms with Crippen LogP contribution in [-0.2, 0) is 16.1 Å². The van der Waals surface area contributed by atoms with E-state index in [2.05, 4.69) is 0 Å². The van der Waals surface area contributed by atoms with E-state index < -0.39 is 0 Å². The molecule has 1 heterocycles. The summed E-state index contributed by atoms with van der Waals surface area (Å²) in [5, 5.41) is 0. The fourth-order valence-electron chi connectivity index (χ4n) is 1.37. The van der Waals surface area contributed by atoms with Crippen molar-refractivity contribution in [2.75, 3.05) is 6.61 Å². The van der Waals surface area contributed by atoms with Crippen LogP contribution in [0.2, 0.25) is 0 Å². The maximum atomic E-state index is 11.2. The molecule has 0 bridgehead atoms. The molecule has 1 aromatic heterocycles. The maximum absolute atomic E-state index is 11.2. The molecule has 0 spiro atoms. The Morgan fingerprint density at radius 3 is 2.93 bits per heavy atom. The van der Waals surface area contributed by atoms with Crippen molar-refractivity contribution in [1.29, 1.82) is 0 Å². The zero-order valence-electron chi connectivity index (χ0n) is 9.27. The molecule has 0 radical (unpaired) electrons. The van der Waals surface area contributed by atoms with Gasteiger partial charge in [-0.25, -0.2) is 0 Å². The average molecular weight is 210 g/mol. The molecule has 4 nitrogen and oxygen atoms in total. The summed E-state index contributed by atoms with van der Waals surface area (Å²) >= 11 is 0. The summed E-state index contributed by atoms with van der Waals surface area (Å²) in [6, 6.07) is 1.99. The molecule has 1 atom stereocenters. The molecule has 84 valence electrons. The normalized spacial score (nSPS) is 12.5. The van der Waals surface area contributed by atoms with Gasteiger partial charge in [-0.3, -0.25) is 4.79 Å². The van der Waals surface area contributed by atoms with Crippen molar-refractivity contribution in [3.8, 4) is 0 Å². The van der Waals surface area contributed by atoms with Crippen LogP contribution in [0.15, 0.2) is 18.5 Å². The third-order valence-corrected chi connectivity index (χ3v) is 2.26. The summed E-state index contributed by atoms with van der Waals surface area (Å²) in [7, 11) is 0. The Balaban J connectivity index is 2.56. The van der Waals surface area contributed by atoms with E-state index in [0.717, 1.165) is 12.0 Å². The van der Waals surface area contributed by atoms with E-state index in [1.807, 2.05) is 25.4 Å². The van der Waals surface area contributed by atoms with E-state index in [1.54, 1.807) is 11.5 Å². The first-order valence-corrected chi connectivity index (χ1v) is 5.24. The summed E-state index contributed by atoms with van der Waals surface area (Å²) in [5.74, 6) is -0.218. The van der Waals surface area contributed by atoms with Crippen LogP contribution in [0, 0.1) is 0 Å². The minimum absolute atomic E-state index is 0.0495. The van der Waals surface area contributed by atoms with Crippen LogP contribution < -0.4 is 5.73 Å². The fourth-order valence-corrected chi connectivity index (χ4v) is 1.37. The number of rotatable bonds is 5. The van der Waals surface area contributed by atoms with E-state index in [1.165, 1.54) is 0 Å². The highest BCUT2D eigenvalue weighted by Crippen LogP contribution is 2.13. The van der Waals surface area contributed by atoms with Gasteiger partial charge in [0.2, 0.25) is 0 Å². The smallest absolute Gasteiger partial charge is 0.325 e. The molecule has 0 saturated heterocycles. The minimum atomic E-state index is -0.218. The lowest BCUT2D eigenvalue weighted by Crippen LogP contribution is -2.12. The Bertz CT molecular complexity index is 320. The fraction of sp³-hybridized carbons (Fsp3) is 0.545. The third kappa shape index (κ3) is 3.40. The van der Waals surface area contributed by atoms with Gasteiger partial charge in [-0.1, -0.05) is 6.92 Å². The molecule has 0 aliphatic heterocycles. The van der Waals surface area contributed by atoms with Crippen LogP contribution in [0.4, 0.5) is 0 Å². The number of nitrogens with two attached hydrogens (primary N) is 1. The zero-order valence-corrected chi connectivity index (χ0v) is 9.27. The summed E-state index contributed by atoms with van der Waals surface area (Å²) in [6.07, 6.45) is 4.64. The molecular formula is C11H18N2O2. The number of aromatic nitrogens is 1. The van der Waals surface area contributed by atoms with Gasteiger partial charge in [0.05, 0.1) is 6.61 Å². The van der Waals surface area contributed by atoms with Gasteiger partial charge in [0.25, 0.3) is 0 Å². The second-order valence-electron chi connectivity index (χ2n) is 3.44. The lowest BCUT2D eigenvalue weighted by Gasteiger charge is -2.05. The molecule has 2 N–H and O–H groups in total. The predicted octanol–water partition coefficient (Wildman–Crippen LogP) is 1.46. The average Bonchev–Trinajstić information content (AvgIpc) is 2.65. The van der Waals surface area contributed by atoms with Gasteiger partial charge in [0, 0.05) is 18.4 Å². The number of nitrogens with zero attached hydrogens (tertiary/aromatic N) is 1. The Morgan fingerprint density at radius 2 is 2.33 bits per heavy atom. The molecule has 1 rings (SSSR count). The van der Waals surface area contributed by atoms with Crippen LogP contribution in [0.1, 0.15) is 31.9 Å². The molecule has 0 aliphatic carbocycles. The van der Waals surface area contributed by atoms with Crippen molar-refractivity contribution in [2.45, 2.75) is 32.9 Å². The second kappa shape index (κ2) is 5.56. The van der Waals surface area contributed by atoms with Gasteiger partial charge in [0.15, 0.2) is 0 Å². The summed E-state index contributed by atoms with van der Waals surface area (Å²) in [5.41, 5.74) is 6.92. The number of carbonyl (C=O) groups is 1. The van der Waals surface area contributed by atoms with E-state index in [9.17, 15) is 4.79 Å². The molecule has 0 aliphatic rings. The predicted molar refractivity (Wildman–Crippen MR) is 58.3 cm³/mol. The SMILES string of the molecule is CCOC(=O)Cn1ccc(C(N)CC)c1. The highest BCUT2D eigenvalue weighted by atomic mass is 16.5. The lowest BCUT2D eigenvalue weighted by molar-refractivity contribution is -0.143. The summed E-state index contributed by atoms with van der Waals surface area (Å²) in [6.45, 7) is 4.51. The van der Waals surface area contributed by atoms with Crippen molar-refractivity contribution in [3.63, 3.8) is 0 Å². The Morgan fingerprint density at radius 1 is 1.60 bits per heavy atom. The van der Waals surface area contributed by atoms with E-state index in [-0.39, 0.29) is 18.6 Å². The van der Waals surface area contributed by atoms with Crippen LogP contribution in [0.25, 0.3) is 0 Å². The Hall–Kier alpha value is -1.29. The van der Waals surface area contributed by atoms with Gasteiger partial charge >= 0.3 is 5.97 Å². The van der Waals surface area contributed by atoms with E-state index in [0.29, 0.717) is 6.61 Å². The van der Waals surface area contributed by atoms with Crippen LogP contribution >= 0.6 is 0 Å². The molecular weight excluding hydrogens is 192 g/mol. The van der Waals surface area contributed by atoms with Crippen molar-refractivity contribution < 1.29 is 9.53 Å². The lowest BCUT2D eigenvalue weighted by atomic mass is 10.1. The number of hydrogen-bond acceptors (Lipinski definition) is 3. The van der Waals surface area contributed by atoms with Gasteiger partial charge in [0.1, 0.15) is 6.54 Å². The molecule has 0 amide bonds. The van der Waals surface area contributed by atoms with E-state index >= 15 is 0 Å². The third-order valence-electron chi connectivity index (χ3n) is 2.26. The Kier molecular flexibility index (Phi) is 4.37. The number of esters is 1. The molecule has 1 unspecified atom stereocenters. The molecule has 4 heteroatoms.